The second kappa shape index (κ2) is 9.63. The summed E-state index contributed by atoms with van der Waals surface area (Å²) in [6.07, 6.45) is 0. The van der Waals surface area contributed by atoms with Gasteiger partial charge in [0.25, 0.3) is 0 Å². The maximum atomic E-state index is 12.9. The van der Waals surface area contributed by atoms with Gasteiger partial charge in [0.15, 0.2) is 5.16 Å². The Morgan fingerprint density at radius 2 is 1.79 bits per heavy atom. The van der Waals surface area contributed by atoms with Crippen LogP contribution in [0.2, 0.25) is 0 Å². The average Bonchev–Trinajstić information content (AvgIpc) is 3.29. The summed E-state index contributed by atoms with van der Waals surface area (Å²) in [5.74, 6) is 0.169. The molecule has 4 aromatic rings. The highest BCUT2D eigenvalue weighted by atomic mass is 32.2. The van der Waals surface area contributed by atoms with Crippen LogP contribution in [0.5, 0.6) is 0 Å². The van der Waals surface area contributed by atoms with E-state index in [1.54, 1.807) is 0 Å². The number of amides is 1. The molecule has 2 aromatic heterocycles. The molecule has 8 nitrogen and oxygen atoms in total. The van der Waals surface area contributed by atoms with E-state index in [4.69, 9.17) is 0 Å². The van der Waals surface area contributed by atoms with Crippen molar-refractivity contribution in [3.05, 3.63) is 93.5 Å². The molecule has 0 aliphatic carbocycles. The monoisotopic (exact) mass is 458 g/mol. The molecule has 0 fully saturated rings. The summed E-state index contributed by atoms with van der Waals surface area (Å²) in [6.45, 7) is 4.14. The molecule has 2 N–H and O–H groups in total. The molecule has 9 heteroatoms. The fraction of sp³-hybridized carbons (Fsp3) is 0.167. The average molecular weight is 459 g/mol. The maximum absolute atomic E-state index is 12.9. The van der Waals surface area contributed by atoms with Crippen LogP contribution in [-0.4, -0.2) is 31.0 Å². The quantitative estimate of drug-likeness (QED) is 0.411. The number of aromatic nitrogens is 4. The highest BCUT2D eigenvalue weighted by Gasteiger charge is 2.21. The minimum absolute atomic E-state index is 0.0298. The van der Waals surface area contributed by atoms with Crippen molar-refractivity contribution in [1.82, 2.24) is 19.3 Å². The summed E-state index contributed by atoms with van der Waals surface area (Å²) in [5, 5.41) is 19.5. The van der Waals surface area contributed by atoms with Gasteiger partial charge < -0.3 is 5.32 Å². The third kappa shape index (κ3) is 4.61. The zero-order valence-corrected chi connectivity index (χ0v) is 19.0. The van der Waals surface area contributed by atoms with Gasteiger partial charge in [0.1, 0.15) is 11.9 Å². The minimum atomic E-state index is -0.335. The first-order valence-corrected chi connectivity index (χ1v) is 11.3. The molecule has 0 unspecified atom stereocenters. The Bertz CT molecular complexity index is 1380. The number of nitriles is 1. The van der Waals surface area contributed by atoms with Crippen LogP contribution in [0.1, 0.15) is 22.4 Å². The summed E-state index contributed by atoms with van der Waals surface area (Å²) >= 11 is 1.16. The van der Waals surface area contributed by atoms with Crippen molar-refractivity contribution in [2.45, 2.75) is 25.5 Å². The summed E-state index contributed by atoms with van der Waals surface area (Å²) in [4.78, 5) is 25.1. The third-order valence-electron chi connectivity index (χ3n) is 5.34. The molecule has 0 radical (unpaired) electrons. The van der Waals surface area contributed by atoms with Crippen LogP contribution in [0, 0.1) is 25.2 Å². The van der Waals surface area contributed by atoms with Gasteiger partial charge in [0, 0.05) is 11.4 Å². The molecule has 0 aliphatic rings. The number of hydrogen-bond acceptors (Lipinski definition) is 5. The van der Waals surface area contributed by atoms with Gasteiger partial charge in [-0.05, 0) is 37.1 Å². The number of thioether (sulfide) groups is 1. The van der Waals surface area contributed by atoms with E-state index in [0.717, 1.165) is 34.3 Å². The third-order valence-corrected chi connectivity index (χ3v) is 6.31. The van der Waals surface area contributed by atoms with Gasteiger partial charge in [-0.2, -0.15) is 5.26 Å². The lowest BCUT2D eigenvalue weighted by Crippen LogP contribution is -2.20. The smallest absolute Gasteiger partial charge is 0.310 e. The number of nitrogens with one attached hydrogen (secondary N) is 2. The van der Waals surface area contributed by atoms with Crippen molar-refractivity contribution in [1.29, 1.82) is 5.26 Å². The first-order chi connectivity index (χ1) is 16.0. The van der Waals surface area contributed by atoms with E-state index in [1.807, 2.05) is 79.1 Å². The molecular weight excluding hydrogens is 436 g/mol. The molecule has 0 spiro atoms. The number of hydrogen-bond donors (Lipinski definition) is 2. The van der Waals surface area contributed by atoms with E-state index in [9.17, 15) is 14.9 Å². The first kappa shape index (κ1) is 22.2. The lowest BCUT2D eigenvalue weighted by molar-refractivity contribution is -0.113. The highest BCUT2D eigenvalue weighted by Crippen LogP contribution is 2.30. The van der Waals surface area contributed by atoms with Crippen molar-refractivity contribution in [2.75, 3.05) is 11.1 Å². The predicted octanol–water partition coefficient (Wildman–Crippen LogP) is 3.63. The van der Waals surface area contributed by atoms with Crippen molar-refractivity contribution in [3.63, 3.8) is 0 Å². The molecule has 0 atom stereocenters. The molecule has 4 rings (SSSR count). The minimum Gasteiger partial charge on any atom is -0.310 e. The summed E-state index contributed by atoms with van der Waals surface area (Å²) in [6, 6.07) is 21.3. The second-order valence-corrected chi connectivity index (χ2v) is 8.38. The van der Waals surface area contributed by atoms with E-state index in [-0.39, 0.29) is 17.3 Å². The summed E-state index contributed by atoms with van der Waals surface area (Å²) in [5.41, 5.74) is 3.59. The van der Waals surface area contributed by atoms with Gasteiger partial charge in [-0.3, -0.25) is 13.9 Å². The zero-order chi connectivity index (χ0) is 23.4. The number of benzene rings is 2. The molecule has 1 amide bonds. The van der Waals surface area contributed by atoms with Crippen LogP contribution < -0.4 is 11.0 Å². The van der Waals surface area contributed by atoms with Crippen LogP contribution in [0.3, 0.4) is 0 Å². The molecule has 0 saturated carbocycles. The fourth-order valence-electron chi connectivity index (χ4n) is 3.58. The van der Waals surface area contributed by atoms with Gasteiger partial charge >= 0.3 is 5.69 Å². The van der Waals surface area contributed by atoms with Crippen molar-refractivity contribution in [2.24, 2.45) is 0 Å². The topological polar surface area (TPSA) is 108 Å². The van der Waals surface area contributed by atoms with Crippen LogP contribution in [0.4, 0.5) is 5.82 Å². The number of carbonyl (C=O) groups excluding carboxylic acids is 1. The van der Waals surface area contributed by atoms with E-state index in [2.05, 4.69) is 21.6 Å². The predicted molar refractivity (Wildman–Crippen MR) is 128 cm³/mol. The van der Waals surface area contributed by atoms with Crippen molar-refractivity contribution in [3.8, 4) is 11.8 Å². The molecule has 166 valence electrons. The van der Waals surface area contributed by atoms with E-state index in [1.165, 1.54) is 4.57 Å². The standard InChI is InChI=1S/C24H22N6O2S/c1-16-17(2)30(19-11-7-4-8-12-19)22(20(16)13-25)26-21(31)15-33-24-28-27-23(32)29(24)14-18-9-5-3-6-10-18/h3-12H,14-15H2,1-2H3,(H,26,31)(H,27,32). The van der Waals surface area contributed by atoms with Gasteiger partial charge in [-0.25, -0.2) is 9.89 Å². The molecule has 0 bridgehead atoms. The number of carbonyl (C=O) groups is 1. The Morgan fingerprint density at radius 3 is 2.45 bits per heavy atom. The Labute approximate surface area is 194 Å². The van der Waals surface area contributed by atoms with Gasteiger partial charge in [0.05, 0.1) is 17.9 Å². The van der Waals surface area contributed by atoms with E-state index >= 15 is 0 Å². The Hall–Kier alpha value is -4.03. The number of nitrogens with zero attached hydrogens (tertiary/aromatic N) is 4. The summed E-state index contributed by atoms with van der Waals surface area (Å²) < 4.78 is 3.37. The normalized spacial score (nSPS) is 10.7. The molecule has 0 saturated heterocycles. The first-order valence-electron chi connectivity index (χ1n) is 10.3. The van der Waals surface area contributed by atoms with Gasteiger partial charge in [-0.15, -0.1) is 5.10 Å². The Kier molecular flexibility index (Phi) is 6.47. The molecule has 2 aromatic carbocycles. The number of para-hydroxylation sites is 1. The van der Waals surface area contributed by atoms with Crippen LogP contribution in [-0.2, 0) is 11.3 Å². The Balaban J connectivity index is 1.54. The molecule has 2 heterocycles. The van der Waals surface area contributed by atoms with Crippen molar-refractivity contribution >= 4 is 23.5 Å². The zero-order valence-electron chi connectivity index (χ0n) is 18.2. The van der Waals surface area contributed by atoms with Crippen LogP contribution in [0.15, 0.2) is 70.6 Å². The fourth-order valence-corrected chi connectivity index (χ4v) is 4.32. The maximum Gasteiger partial charge on any atom is 0.344 e. The van der Waals surface area contributed by atoms with E-state index in [0.29, 0.717) is 23.1 Å². The number of anilines is 1. The van der Waals surface area contributed by atoms with Gasteiger partial charge in [0.2, 0.25) is 5.91 Å². The van der Waals surface area contributed by atoms with Crippen LogP contribution in [0.25, 0.3) is 5.69 Å². The number of rotatable bonds is 7. The number of H-pyrrole nitrogens is 1. The number of aromatic amines is 1. The Morgan fingerprint density at radius 1 is 1.12 bits per heavy atom. The second-order valence-electron chi connectivity index (χ2n) is 7.44. The lowest BCUT2D eigenvalue weighted by Gasteiger charge is -2.13. The highest BCUT2D eigenvalue weighted by molar-refractivity contribution is 7.99. The van der Waals surface area contributed by atoms with Gasteiger partial charge in [-0.1, -0.05) is 60.3 Å². The molecule has 33 heavy (non-hydrogen) atoms. The molecular formula is C24H22N6O2S. The largest absolute Gasteiger partial charge is 0.344 e. The summed E-state index contributed by atoms with van der Waals surface area (Å²) in [7, 11) is 0. The molecule has 0 aliphatic heterocycles. The van der Waals surface area contributed by atoms with Crippen LogP contribution >= 0.6 is 11.8 Å². The van der Waals surface area contributed by atoms with Crippen molar-refractivity contribution < 1.29 is 4.79 Å². The lowest BCUT2D eigenvalue weighted by atomic mass is 10.2. The van der Waals surface area contributed by atoms with E-state index < -0.39 is 0 Å². The SMILES string of the molecule is Cc1c(C#N)c(NC(=O)CSc2n[nH]c(=O)n2Cc2ccccc2)n(-c2ccccc2)c1C.